The van der Waals surface area contributed by atoms with Gasteiger partial charge in [-0.3, -0.25) is 0 Å². The van der Waals surface area contributed by atoms with Crippen molar-refractivity contribution in [3.05, 3.63) is 53.6 Å². The molecule has 6 nitrogen and oxygen atoms in total. The maximum atomic E-state index is 13.1. The summed E-state index contributed by atoms with van der Waals surface area (Å²) in [5.74, 6) is 0.636. The van der Waals surface area contributed by atoms with Crippen LogP contribution in [0.2, 0.25) is 0 Å². The molecule has 0 fully saturated rings. The van der Waals surface area contributed by atoms with Gasteiger partial charge in [0.15, 0.2) is 0 Å². The number of rotatable bonds is 5. The minimum Gasteiger partial charge on any atom is -0.497 e. The summed E-state index contributed by atoms with van der Waals surface area (Å²) < 4.78 is 36.6. The van der Waals surface area contributed by atoms with Crippen molar-refractivity contribution >= 4 is 15.9 Å². The van der Waals surface area contributed by atoms with E-state index in [0.29, 0.717) is 12.3 Å². The molecular formula is C23H29NO5S. The van der Waals surface area contributed by atoms with Gasteiger partial charge in [-0.05, 0) is 81.5 Å². The second-order valence-electron chi connectivity index (χ2n) is 8.51. The summed E-state index contributed by atoms with van der Waals surface area (Å²) in [7, 11) is -2.13. The van der Waals surface area contributed by atoms with Gasteiger partial charge in [-0.2, -0.15) is 0 Å². The fourth-order valence-electron chi connectivity index (χ4n) is 3.70. The molecule has 0 saturated carbocycles. The number of sulfone groups is 1. The molecule has 1 aliphatic rings. The zero-order chi connectivity index (χ0) is 21.9. The van der Waals surface area contributed by atoms with Crippen LogP contribution in [-0.4, -0.2) is 33.8 Å². The van der Waals surface area contributed by atoms with Gasteiger partial charge in [0.05, 0.1) is 16.9 Å². The van der Waals surface area contributed by atoms with Crippen LogP contribution in [0.5, 0.6) is 5.75 Å². The zero-order valence-corrected chi connectivity index (χ0v) is 18.7. The number of amides is 1. The summed E-state index contributed by atoms with van der Waals surface area (Å²) in [4.78, 5) is 12.5. The number of hydrogen-bond donors (Lipinski definition) is 1. The lowest BCUT2D eigenvalue weighted by Crippen LogP contribution is -2.35. The first-order valence-corrected chi connectivity index (χ1v) is 11.6. The summed E-state index contributed by atoms with van der Waals surface area (Å²) in [6.07, 6.45) is 2.26. The Balaban J connectivity index is 1.80. The molecule has 0 heterocycles. The highest BCUT2D eigenvalue weighted by molar-refractivity contribution is 7.91. The van der Waals surface area contributed by atoms with Crippen LogP contribution in [0.15, 0.2) is 52.3 Å². The van der Waals surface area contributed by atoms with E-state index in [1.54, 1.807) is 30.3 Å². The maximum absolute atomic E-state index is 13.1. The van der Waals surface area contributed by atoms with E-state index >= 15 is 0 Å². The molecule has 7 heteroatoms. The SMILES string of the molecule is COc1cccc(S(=O)(=O)c2ccc3c(c2)CCC[C@H]3CNC(=O)OC(C)(C)C)c1. The van der Waals surface area contributed by atoms with Crippen molar-refractivity contribution in [2.75, 3.05) is 13.7 Å². The fraction of sp³-hybridized carbons (Fsp3) is 0.435. The standard InChI is InChI=1S/C23H29NO5S/c1-23(2,3)29-22(25)24-15-17-8-5-7-16-13-20(11-12-21(16)17)30(26,27)19-10-6-9-18(14-19)28-4/h6,9-14,17H,5,7-8,15H2,1-4H3,(H,24,25)/t17-/m0/s1. The lowest BCUT2D eigenvalue weighted by Gasteiger charge is -2.27. The fourth-order valence-corrected chi connectivity index (χ4v) is 5.04. The number of hydrogen-bond acceptors (Lipinski definition) is 5. The topological polar surface area (TPSA) is 81.7 Å². The molecule has 0 saturated heterocycles. The molecular weight excluding hydrogens is 402 g/mol. The van der Waals surface area contributed by atoms with Crippen LogP contribution in [0.1, 0.15) is 50.7 Å². The van der Waals surface area contributed by atoms with Crippen molar-refractivity contribution < 1.29 is 22.7 Å². The van der Waals surface area contributed by atoms with Crippen molar-refractivity contribution in [3.63, 3.8) is 0 Å². The van der Waals surface area contributed by atoms with Gasteiger partial charge in [-0.15, -0.1) is 0 Å². The van der Waals surface area contributed by atoms with Crippen LogP contribution in [0.3, 0.4) is 0 Å². The molecule has 0 aromatic heterocycles. The van der Waals surface area contributed by atoms with Gasteiger partial charge in [0.1, 0.15) is 11.4 Å². The van der Waals surface area contributed by atoms with E-state index in [9.17, 15) is 13.2 Å². The molecule has 1 aliphatic carbocycles. The average molecular weight is 432 g/mol. The average Bonchev–Trinajstić information content (AvgIpc) is 2.70. The number of aryl methyl sites for hydroxylation is 1. The van der Waals surface area contributed by atoms with Crippen LogP contribution in [0.4, 0.5) is 4.79 Å². The number of ether oxygens (including phenoxy) is 2. The number of alkyl carbamates (subject to hydrolysis) is 1. The van der Waals surface area contributed by atoms with Crippen LogP contribution in [0.25, 0.3) is 0 Å². The van der Waals surface area contributed by atoms with Crippen molar-refractivity contribution in [3.8, 4) is 5.75 Å². The van der Waals surface area contributed by atoms with E-state index < -0.39 is 21.5 Å². The van der Waals surface area contributed by atoms with Gasteiger partial charge >= 0.3 is 6.09 Å². The van der Waals surface area contributed by atoms with E-state index in [4.69, 9.17) is 9.47 Å². The Morgan fingerprint density at radius 3 is 2.57 bits per heavy atom. The summed E-state index contributed by atoms with van der Waals surface area (Å²) >= 11 is 0. The predicted octanol–water partition coefficient (Wildman–Crippen LogP) is 4.47. The summed E-state index contributed by atoms with van der Waals surface area (Å²) in [6.45, 7) is 5.94. The lowest BCUT2D eigenvalue weighted by molar-refractivity contribution is 0.0523. The van der Waals surface area contributed by atoms with Crippen LogP contribution in [0, 0.1) is 0 Å². The molecule has 0 radical (unpaired) electrons. The third-order valence-electron chi connectivity index (χ3n) is 5.11. The van der Waals surface area contributed by atoms with E-state index in [-0.39, 0.29) is 15.7 Å². The van der Waals surface area contributed by atoms with E-state index in [1.165, 1.54) is 13.2 Å². The van der Waals surface area contributed by atoms with Crippen molar-refractivity contribution in [2.45, 2.75) is 61.3 Å². The van der Waals surface area contributed by atoms with Crippen molar-refractivity contribution in [1.82, 2.24) is 5.32 Å². The summed E-state index contributed by atoms with van der Waals surface area (Å²) in [6, 6.07) is 11.8. The van der Waals surface area contributed by atoms with Crippen molar-refractivity contribution in [2.24, 2.45) is 0 Å². The largest absolute Gasteiger partial charge is 0.497 e. The molecule has 2 aromatic carbocycles. The van der Waals surface area contributed by atoms with Gasteiger partial charge < -0.3 is 14.8 Å². The van der Waals surface area contributed by atoms with Gasteiger partial charge in [-0.1, -0.05) is 12.1 Å². The second-order valence-corrected chi connectivity index (χ2v) is 10.5. The normalized spacial score (nSPS) is 16.5. The van der Waals surface area contributed by atoms with Gasteiger partial charge in [0.25, 0.3) is 0 Å². The minimum atomic E-state index is -3.64. The smallest absolute Gasteiger partial charge is 0.407 e. The second kappa shape index (κ2) is 8.68. The Hall–Kier alpha value is -2.54. The molecule has 3 rings (SSSR count). The molecule has 162 valence electrons. The number of carbonyl (C=O) groups excluding carboxylic acids is 1. The Morgan fingerprint density at radius 1 is 1.13 bits per heavy atom. The van der Waals surface area contributed by atoms with Crippen molar-refractivity contribution in [1.29, 1.82) is 0 Å². The quantitative estimate of drug-likeness (QED) is 0.755. The Morgan fingerprint density at radius 2 is 1.87 bits per heavy atom. The molecule has 0 aliphatic heterocycles. The van der Waals surface area contributed by atoms with Gasteiger partial charge in [0.2, 0.25) is 9.84 Å². The molecule has 1 N–H and O–H groups in total. The van der Waals surface area contributed by atoms with Crippen LogP contribution >= 0.6 is 0 Å². The van der Waals surface area contributed by atoms with Crippen LogP contribution in [-0.2, 0) is 21.0 Å². The molecule has 0 unspecified atom stereocenters. The zero-order valence-electron chi connectivity index (χ0n) is 17.9. The first kappa shape index (κ1) is 22.2. The first-order chi connectivity index (χ1) is 14.1. The molecule has 30 heavy (non-hydrogen) atoms. The molecule has 0 bridgehead atoms. The molecule has 1 atom stereocenters. The molecule has 0 spiro atoms. The highest BCUT2D eigenvalue weighted by Crippen LogP contribution is 2.34. The Kier molecular flexibility index (Phi) is 6.41. The summed E-state index contributed by atoms with van der Waals surface area (Å²) in [5, 5.41) is 2.84. The van der Waals surface area contributed by atoms with Crippen LogP contribution < -0.4 is 10.1 Å². The number of fused-ring (bicyclic) bond motifs is 1. The minimum absolute atomic E-state index is 0.134. The van der Waals surface area contributed by atoms with E-state index in [0.717, 1.165) is 30.4 Å². The predicted molar refractivity (Wildman–Crippen MR) is 115 cm³/mol. The lowest BCUT2D eigenvalue weighted by atomic mass is 9.83. The maximum Gasteiger partial charge on any atom is 0.407 e. The van der Waals surface area contributed by atoms with Gasteiger partial charge in [-0.25, -0.2) is 13.2 Å². The Labute approximate surface area is 178 Å². The number of benzene rings is 2. The highest BCUT2D eigenvalue weighted by Gasteiger charge is 2.25. The molecule has 2 aromatic rings. The molecule has 1 amide bonds. The number of carbonyl (C=O) groups is 1. The number of nitrogens with one attached hydrogen (secondary N) is 1. The van der Waals surface area contributed by atoms with E-state index in [2.05, 4.69) is 5.32 Å². The first-order valence-electron chi connectivity index (χ1n) is 10.1. The monoisotopic (exact) mass is 431 g/mol. The third kappa shape index (κ3) is 5.14. The van der Waals surface area contributed by atoms with E-state index in [1.807, 2.05) is 26.8 Å². The Bertz CT molecular complexity index is 1020. The third-order valence-corrected chi connectivity index (χ3v) is 6.86. The number of methoxy groups -OCH3 is 1. The highest BCUT2D eigenvalue weighted by atomic mass is 32.2. The summed E-state index contributed by atoms with van der Waals surface area (Å²) in [5.41, 5.74) is 1.56. The van der Waals surface area contributed by atoms with Gasteiger partial charge in [0, 0.05) is 12.5 Å².